The Kier molecular flexibility index (Phi) is 5.44. The number of methoxy groups -OCH3 is 2. The van der Waals surface area contributed by atoms with Crippen LogP contribution in [0.2, 0.25) is 0 Å². The molecular formula is C14H23NO3. The molecule has 0 spiro atoms. The zero-order chi connectivity index (χ0) is 13.6. The average Bonchev–Trinajstić information content (AvgIpc) is 2.36. The van der Waals surface area contributed by atoms with Gasteiger partial charge in [0.2, 0.25) is 0 Å². The van der Waals surface area contributed by atoms with Gasteiger partial charge in [-0.2, -0.15) is 0 Å². The van der Waals surface area contributed by atoms with E-state index in [1.165, 1.54) is 0 Å². The molecule has 18 heavy (non-hydrogen) atoms. The molecule has 0 aliphatic heterocycles. The second kappa shape index (κ2) is 6.61. The SMILES string of the molecule is COc1ccc(CNC(C)(C)CCO)cc1OC. The first-order chi connectivity index (χ1) is 8.52. The van der Waals surface area contributed by atoms with E-state index in [2.05, 4.69) is 19.2 Å². The van der Waals surface area contributed by atoms with E-state index in [4.69, 9.17) is 14.6 Å². The molecule has 0 fully saturated rings. The number of hydrogen-bond donors (Lipinski definition) is 2. The van der Waals surface area contributed by atoms with Crippen molar-refractivity contribution in [3.8, 4) is 11.5 Å². The summed E-state index contributed by atoms with van der Waals surface area (Å²) >= 11 is 0. The van der Waals surface area contributed by atoms with Crippen molar-refractivity contribution in [2.24, 2.45) is 0 Å². The Labute approximate surface area is 109 Å². The highest BCUT2D eigenvalue weighted by atomic mass is 16.5. The molecule has 1 aromatic rings. The molecular weight excluding hydrogens is 230 g/mol. The quantitative estimate of drug-likeness (QED) is 0.780. The Morgan fingerprint density at radius 2 is 1.83 bits per heavy atom. The average molecular weight is 253 g/mol. The molecule has 1 aromatic carbocycles. The highest BCUT2D eigenvalue weighted by Gasteiger charge is 2.16. The van der Waals surface area contributed by atoms with E-state index in [-0.39, 0.29) is 12.1 Å². The van der Waals surface area contributed by atoms with Crippen LogP contribution in [0.3, 0.4) is 0 Å². The topological polar surface area (TPSA) is 50.7 Å². The Bertz CT molecular complexity index is 377. The summed E-state index contributed by atoms with van der Waals surface area (Å²) < 4.78 is 10.5. The third-order valence-corrected chi connectivity index (χ3v) is 2.96. The van der Waals surface area contributed by atoms with Crippen molar-refractivity contribution in [1.82, 2.24) is 5.32 Å². The van der Waals surface area contributed by atoms with E-state index < -0.39 is 0 Å². The number of aliphatic hydroxyl groups is 1. The first-order valence-corrected chi connectivity index (χ1v) is 6.09. The molecule has 0 saturated heterocycles. The highest BCUT2D eigenvalue weighted by Crippen LogP contribution is 2.27. The molecule has 102 valence electrons. The predicted octanol–water partition coefficient (Wildman–Crippen LogP) is 1.95. The fraction of sp³-hybridized carbons (Fsp3) is 0.571. The minimum absolute atomic E-state index is 0.0814. The lowest BCUT2D eigenvalue weighted by atomic mass is 10.0. The number of benzene rings is 1. The van der Waals surface area contributed by atoms with Gasteiger partial charge in [0.05, 0.1) is 14.2 Å². The lowest BCUT2D eigenvalue weighted by molar-refractivity contribution is 0.230. The Hall–Kier alpha value is -1.26. The van der Waals surface area contributed by atoms with Gasteiger partial charge in [0, 0.05) is 18.7 Å². The zero-order valence-electron chi connectivity index (χ0n) is 11.6. The number of nitrogens with one attached hydrogen (secondary N) is 1. The van der Waals surface area contributed by atoms with Crippen molar-refractivity contribution in [2.75, 3.05) is 20.8 Å². The van der Waals surface area contributed by atoms with Gasteiger partial charge in [0.15, 0.2) is 11.5 Å². The van der Waals surface area contributed by atoms with Crippen LogP contribution in [0.5, 0.6) is 11.5 Å². The van der Waals surface area contributed by atoms with E-state index >= 15 is 0 Å². The van der Waals surface area contributed by atoms with Crippen LogP contribution in [0.4, 0.5) is 0 Å². The van der Waals surface area contributed by atoms with Crippen molar-refractivity contribution < 1.29 is 14.6 Å². The van der Waals surface area contributed by atoms with E-state index in [1.807, 2.05) is 18.2 Å². The Morgan fingerprint density at radius 3 is 2.39 bits per heavy atom. The third-order valence-electron chi connectivity index (χ3n) is 2.96. The van der Waals surface area contributed by atoms with Gasteiger partial charge in [-0.05, 0) is 38.0 Å². The summed E-state index contributed by atoms with van der Waals surface area (Å²) in [5, 5.41) is 12.4. The number of rotatable bonds is 7. The van der Waals surface area contributed by atoms with Crippen LogP contribution in [0.1, 0.15) is 25.8 Å². The molecule has 0 bridgehead atoms. The van der Waals surface area contributed by atoms with Crippen LogP contribution >= 0.6 is 0 Å². The molecule has 0 heterocycles. The van der Waals surface area contributed by atoms with Gasteiger partial charge < -0.3 is 19.9 Å². The summed E-state index contributed by atoms with van der Waals surface area (Å²) in [5.41, 5.74) is 1.04. The molecule has 0 aromatic heterocycles. The molecule has 0 saturated carbocycles. The van der Waals surface area contributed by atoms with E-state index in [9.17, 15) is 0 Å². The van der Waals surface area contributed by atoms with Gasteiger partial charge in [-0.25, -0.2) is 0 Å². The summed E-state index contributed by atoms with van der Waals surface area (Å²) in [6, 6.07) is 5.86. The lowest BCUT2D eigenvalue weighted by Crippen LogP contribution is -2.39. The monoisotopic (exact) mass is 253 g/mol. The van der Waals surface area contributed by atoms with E-state index in [1.54, 1.807) is 14.2 Å². The van der Waals surface area contributed by atoms with Crippen molar-refractivity contribution in [3.05, 3.63) is 23.8 Å². The molecule has 4 nitrogen and oxygen atoms in total. The summed E-state index contributed by atoms with van der Waals surface area (Å²) in [7, 11) is 3.25. The van der Waals surface area contributed by atoms with E-state index in [0.29, 0.717) is 0 Å². The van der Waals surface area contributed by atoms with Gasteiger partial charge in [0.1, 0.15) is 0 Å². The number of aliphatic hydroxyl groups excluding tert-OH is 1. The molecule has 0 amide bonds. The molecule has 4 heteroatoms. The second-order valence-corrected chi connectivity index (χ2v) is 4.90. The Balaban J connectivity index is 2.68. The number of hydrogen-bond acceptors (Lipinski definition) is 4. The number of ether oxygens (including phenoxy) is 2. The first kappa shape index (κ1) is 14.8. The van der Waals surface area contributed by atoms with Crippen LogP contribution in [0.25, 0.3) is 0 Å². The molecule has 0 aliphatic rings. The van der Waals surface area contributed by atoms with Gasteiger partial charge in [-0.15, -0.1) is 0 Å². The minimum Gasteiger partial charge on any atom is -0.493 e. The van der Waals surface area contributed by atoms with Gasteiger partial charge in [0.25, 0.3) is 0 Å². The van der Waals surface area contributed by atoms with Crippen LogP contribution in [-0.4, -0.2) is 31.5 Å². The molecule has 0 aliphatic carbocycles. The van der Waals surface area contributed by atoms with Crippen LogP contribution in [0.15, 0.2) is 18.2 Å². The third kappa shape index (κ3) is 4.20. The smallest absolute Gasteiger partial charge is 0.161 e. The maximum absolute atomic E-state index is 8.97. The predicted molar refractivity (Wildman–Crippen MR) is 72.2 cm³/mol. The summed E-state index contributed by atoms with van der Waals surface area (Å²) in [6.07, 6.45) is 0.723. The summed E-state index contributed by atoms with van der Waals surface area (Å²) in [6.45, 7) is 5.06. The molecule has 2 N–H and O–H groups in total. The first-order valence-electron chi connectivity index (χ1n) is 6.09. The summed E-state index contributed by atoms with van der Waals surface area (Å²) in [4.78, 5) is 0. The standard InChI is InChI=1S/C14H23NO3/c1-14(2,7-8-16)15-10-11-5-6-12(17-3)13(9-11)18-4/h5-6,9,15-16H,7-8,10H2,1-4H3. The molecule has 1 rings (SSSR count). The van der Waals surface area contributed by atoms with Crippen LogP contribution < -0.4 is 14.8 Å². The van der Waals surface area contributed by atoms with Gasteiger partial charge in [-0.1, -0.05) is 6.07 Å². The zero-order valence-corrected chi connectivity index (χ0v) is 11.6. The normalized spacial score (nSPS) is 11.4. The summed E-state index contributed by atoms with van der Waals surface area (Å²) in [5.74, 6) is 1.47. The highest BCUT2D eigenvalue weighted by molar-refractivity contribution is 5.42. The minimum atomic E-state index is -0.0814. The van der Waals surface area contributed by atoms with Gasteiger partial charge >= 0.3 is 0 Å². The van der Waals surface area contributed by atoms with Crippen molar-refractivity contribution in [2.45, 2.75) is 32.4 Å². The van der Waals surface area contributed by atoms with Crippen molar-refractivity contribution in [3.63, 3.8) is 0 Å². The van der Waals surface area contributed by atoms with Crippen molar-refractivity contribution in [1.29, 1.82) is 0 Å². The van der Waals surface area contributed by atoms with Crippen LogP contribution in [-0.2, 0) is 6.54 Å². The molecule has 0 atom stereocenters. The van der Waals surface area contributed by atoms with Gasteiger partial charge in [-0.3, -0.25) is 0 Å². The molecule has 0 radical (unpaired) electrons. The largest absolute Gasteiger partial charge is 0.493 e. The maximum Gasteiger partial charge on any atom is 0.161 e. The maximum atomic E-state index is 8.97. The second-order valence-electron chi connectivity index (χ2n) is 4.90. The lowest BCUT2D eigenvalue weighted by Gasteiger charge is -2.25. The Morgan fingerprint density at radius 1 is 1.17 bits per heavy atom. The molecule has 0 unspecified atom stereocenters. The fourth-order valence-corrected chi connectivity index (χ4v) is 1.70. The van der Waals surface area contributed by atoms with E-state index in [0.717, 1.165) is 30.0 Å². The van der Waals surface area contributed by atoms with Crippen LogP contribution in [0, 0.1) is 0 Å². The fourth-order valence-electron chi connectivity index (χ4n) is 1.70. The van der Waals surface area contributed by atoms with Crippen molar-refractivity contribution >= 4 is 0 Å².